The van der Waals surface area contributed by atoms with Gasteiger partial charge < -0.3 is 0 Å². The third-order valence-electron chi connectivity index (χ3n) is 2.50. The van der Waals surface area contributed by atoms with Gasteiger partial charge in [0.05, 0.1) is 4.88 Å². The van der Waals surface area contributed by atoms with Crippen LogP contribution in [0.15, 0.2) is 34.1 Å². The average Bonchev–Trinajstić information content (AvgIpc) is 2.63. The fourth-order valence-corrected chi connectivity index (χ4v) is 2.96. The topological polar surface area (TPSA) is 17.1 Å². The highest BCUT2D eigenvalue weighted by atomic mass is 79.9. The monoisotopic (exact) mass is 294 g/mol. The Morgan fingerprint density at radius 1 is 1.19 bits per heavy atom. The van der Waals surface area contributed by atoms with Gasteiger partial charge in [-0.3, -0.25) is 4.79 Å². The summed E-state index contributed by atoms with van der Waals surface area (Å²) in [5.41, 5.74) is 2.85. The van der Waals surface area contributed by atoms with Crippen molar-refractivity contribution in [2.24, 2.45) is 0 Å². The van der Waals surface area contributed by atoms with E-state index in [4.69, 9.17) is 0 Å². The van der Waals surface area contributed by atoms with Crippen LogP contribution in [0.5, 0.6) is 0 Å². The van der Waals surface area contributed by atoms with Crippen molar-refractivity contribution in [2.75, 3.05) is 0 Å². The van der Waals surface area contributed by atoms with Crippen molar-refractivity contribution < 1.29 is 4.79 Å². The average molecular weight is 295 g/mol. The van der Waals surface area contributed by atoms with Gasteiger partial charge in [0.15, 0.2) is 0 Å². The van der Waals surface area contributed by atoms with E-state index in [1.54, 1.807) is 0 Å². The highest BCUT2D eigenvalue weighted by molar-refractivity contribution is 9.10. The van der Waals surface area contributed by atoms with Gasteiger partial charge in [-0.25, -0.2) is 0 Å². The maximum atomic E-state index is 12.3. The van der Waals surface area contributed by atoms with Gasteiger partial charge in [-0.1, -0.05) is 15.9 Å². The second-order valence-corrected chi connectivity index (χ2v) is 5.55. The summed E-state index contributed by atoms with van der Waals surface area (Å²) in [5.74, 6) is 0.123. The van der Waals surface area contributed by atoms with Crippen LogP contribution < -0.4 is 0 Å². The van der Waals surface area contributed by atoms with E-state index >= 15 is 0 Å². The molecule has 0 aliphatic rings. The molecule has 0 aliphatic heterocycles. The van der Waals surface area contributed by atoms with Gasteiger partial charge in [0.1, 0.15) is 0 Å². The number of carbonyl (C=O) groups is 1. The number of thiophene rings is 1. The summed E-state index contributed by atoms with van der Waals surface area (Å²) in [6.45, 7) is 3.93. The van der Waals surface area contributed by atoms with Crippen LogP contribution in [-0.2, 0) is 0 Å². The molecular weight excluding hydrogens is 284 g/mol. The highest BCUT2D eigenvalue weighted by Gasteiger charge is 2.14. The fourth-order valence-electron chi connectivity index (χ4n) is 1.61. The highest BCUT2D eigenvalue weighted by Crippen LogP contribution is 2.23. The Balaban J connectivity index is 2.46. The van der Waals surface area contributed by atoms with Crippen molar-refractivity contribution in [3.05, 3.63) is 55.7 Å². The van der Waals surface area contributed by atoms with Crippen molar-refractivity contribution in [1.29, 1.82) is 0 Å². The Kier molecular flexibility index (Phi) is 3.26. The summed E-state index contributed by atoms with van der Waals surface area (Å²) >= 11 is 4.90. The number of aryl methyl sites for hydroxylation is 2. The molecule has 0 aliphatic carbocycles. The van der Waals surface area contributed by atoms with E-state index in [0.717, 1.165) is 26.0 Å². The van der Waals surface area contributed by atoms with Crippen LogP contribution in [-0.4, -0.2) is 5.78 Å². The predicted molar refractivity (Wildman–Crippen MR) is 71.4 cm³/mol. The number of rotatable bonds is 2. The Bertz CT molecular complexity index is 543. The molecule has 0 atom stereocenters. The molecule has 1 aromatic heterocycles. The van der Waals surface area contributed by atoms with E-state index < -0.39 is 0 Å². The van der Waals surface area contributed by atoms with Crippen molar-refractivity contribution in [2.45, 2.75) is 13.8 Å². The molecule has 1 aromatic carbocycles. The van der Waals surface area contributed by atoms with E-state index in [9.17, 15) is 4.79 Å². The third-order valence-corrected chi connectivity index (χ3v) is 4.01. The minimum absolute atomic E-state index is 0.123. The first kappa shape index (κ1) is 11.6. The standard InChI is InChI=1S/C13H11BrOS/c1-8-5-6-16-13(8)12(15)11-4-3-10(14)7-9(11)2/h3-7H,1-2H3. The van der Waals surface area contributed by atoms with E-state index in [2.05, 4.69) is 15.9 Å². The van der Waals surface area contributed by atoms with Crippen molar-refractivity contribution in [3.8, 4) is 0 Å². The lowest BCUT2D eigenvalue weighted by Gasteiger charge is -2.04. The smallest absolute Gasteiger partial charge is 0.203 e. The van der Waals surface area contributed by atoms with Crippen molar-refractivity contribution in [3.63, 3.8) is 0 Å². The maximum Gasteiger partial charge on any atom is 0.203 e. The molecule has 1 nitrogen and oxygen atoms in total. The second-order valence-electron chi connectivity index (χ2n) is 3.72. The predicted octanol–water partition coefficient (Wildman–Crippen LogP) is 4.36. The molecule has 16 heavy (non-hydrogen) atoms. The first-order valence-electron chi connectivity index (χ1n) is 4.94. The van der Waals surface area contributed by atoms with Crippen LogP contribution in [0, 0.1) is 13.8 Å². The molecule has 0 saturated heterocycles. The van der Waals surface area contributed by atoms with Crippen molar-refractivity contribution >= 4 is 33.0 Å². The van der Waals surface area contributed by atoms with Gasteiger partial charge >= 0.3 is 0 Å². The first-order chi connectivity index (χ1) is 7.59. The molecular formula is C13H11BrOS. The molecule has 0 bridgehead atoms. The minimum Gasteiger partial charge on any atom is -0.288 e. The van der Waals surface area contributed by atoms with Crippen LogP contribution >= 0.6 is 27.3 Å². The molecule has 0 saturated carbocycles. The van der Waals surface area contributed by atoms with Gasteiger partial charge in [-0.05, 0) is 54.6 Å². The van der Waals surface area contributed by atoms with Crippen LogP contribution in [0.2, 0.25) is 0 Å². The molecule has 0 radical (unpaired) electrons. The van der Waals surface area contributed by atoms with Crippen LogP contribution in [0.3, 0.4) is 0 Å². The Morgan fingerprint density at radius 3 is 2.50 bits per heavy atom. The van der Waals surface area contributed by atoms with Gasteiger partial charge in [-0.15, -0.1) is 11.3 Å². The summed E-state index contributed by atoms with van der Waals surface area (Å²) in [6, 6.07) is 7.73. The van der Waals surface area contributed by atoms with Crippen LogP contribution in [0.25, 0.3) is 0 Å². The van der Waals surface area contributed by atoms with Gasteiger partial charge in [-0.2, -0.15) is 0 Å². The second kappa shape index (κ2) is 4.52. The molecule has 0 spiro atoms. The number of ketones is 1. The van der Waals surface area contributed by atoms with E-state index in [0.29, 0.717) is 0 Å². The number of benzene rings is 1. The van der Waals surface area contributed by atoms with E-state index in [1.165, 1.54) is 11.3 Å². The van der Waals surface area contributed by atoms with Crippen molar-refractivity contribution in [1.82, 2.24) is 0 Å². The molecule has 82 valence electrons. The lowest BCUT2D eigenvalue weighted by Crippen LogP contribution is -2.02. The molecule has 2 aromatic rings. The third kappa shape index (κ3) is 2.11. The Morgan fingerprint density at radius 2 is 1.94 bits per heavy atom. The lowest BCUT2D eigenvalue weighted by atomic mass is 10.0. The number of halogens is 1. The quantitative estimate of drug-likeness (QED) is 0.752. The van der Waals surface area contributed by atoms with Crippen LogP contribution in [0.1, 0.15) is 26.4 Å². The summed E-state index contributed by atoms with van der Waals surface area (Å²) in [7, 11) is 0. The zero-order valence-corrected chi connectivity index (χ0v) is 11.5. The number of carbonyl (C=O) groups excluding carboxylic acids is 1. The molecule has 2 rings (SSSR count). The van der Waals surface area contributed by atoms with E-state index in [1.807, 2.05) is 43.5 Å². The molecule has 0 amide bonds. The SMILES string of the molecule is Cc1cc(Br)ccc1C(=O)c1sccc1C. The number of hydrogen-bond acceptors (Lipinski definition) is 2. The van der Waals surface area contributed by atoms with E-state index in [-0.39, 0.29) is 5.78 Å². The van der Waals surface area contributed by atoms with Gasteiger partial charge in [0, 0.05) is 10.0 Å². The largest absolute Gasteiger partial charge is 0.288 e. The lowest BCUT2D eigenvalue weighted by molar-refractivity contribution is 0.104. The zero-order chi connectivity index (χ0) is 11.7. The summed E-state index contributed by atoms with van der Waals surface area (Å²) < 4.78 is 1.00. The molecule has 3 heteroatoms. The summed E-state index contributed by atoms with van der Waals surface area (Å²) in [6.07, 6.45) is 0. The summed E-state index contributed by atoms with van der Waals surface area (Å²) in [5, 5.41) is 1.96. The molecule has 1 heterocycles. The molecule has 0 fully saturated rings. The fraction of sp³-hybridized carbons (Fsp3) is 0.154. The zero-order valence-electron chi connectivity index (χ0n) is 9.08. The Labute approximate surface area is 107 Å². The number of hydrogen-bond donors (Lipinski definition) is 0. The normalized spacial score (nSPS) is 10.4. The minimum atomic E-state index is 0.123. The maximum absolute atomic E-state index is 12.3. The first-order valence-corrected chi connectivity index (χ1v) is 6.62. The Hall–Kier alpha value is -0.930. The van der Waals surface area contributed by atoms with Gasteiger partial charge in [0.25, 0.3) is 0 Å². The van der Waals surface area contributed by atoms with Gasteiger partial charge in [0.2, 0.25) is 5.78 Å². The summed E-state index contributed by atoms with van der Waals surface area (Å²) in [4.78, 5) is 13.1. The van der Waals surface area contributed by atoms with Crippen LogP contribution in [0.4, 0.5) is 0 Å². The molecule has 0 unspecified atom stereocenters. The molecule has 0 N–H and O–H groups in total.